The van der Waals surface area contributed by atoms with Gasteiger partial charge in [0.15, 0.2) is 0 Å². The van der Waals surface area contributed by atoms with E-state index >= 15 is 0 Å². The van der Waals surface area contributed by atoms with E-state index in [2.05, 4.69) is 20.0 Å². The van der Waals surface area contributed by atoms with E-state index in [4.69, 9.17) is 11.6 Å². The number of hydrogen-bond acceptors (Lipinski definition) is 6. The number of benzene rings is 1. The zero-order valence-corrected chi connectivity index (χ0v) is 15.3. The van der Waals surface area contributed by atoms with Gasteiger partial charge in [-0.25, -0.2) is 23.1 Å². The van der Waals surface area contributed by atoms with Crippen molar-refractivity contribution in [2.24, 2.45) is 0 Å². The van der Waals surface area contributed by atoms with Crippen molar-refractivity contribution in [2.45, 2.75) is 11.8 Å². The number of aryl methyl sites for hydroxylation is 1. The summed E-state index contributed by atoms with van der Waals surface area (Å²) in [5.74, 6) is 2.07. The number of aromatic nitrogens is 2. The van der Waals surface area contributed by atoms with E-state index in [9.17, 15) is 8.42 Å². The predicted molar refractivity (Wildman–Crippen MR) is 96.2 cm³/mol. The molecule has 0 fully saturated rings. The monoisotopic (exact) mass is 369 g/mol. The maximum atomic E-state index is 12.2. The van der Waals surface area contributed by atoms with Gasteiger partial charge in [0.25, 0.3) is 0 Å². The SMILES string of the molecule is Cc1nc(NCCNS(=O)(=O)c2cccc(Cl)c2)cc(N(C)C)n1. The second kappa shape index (κ2) is 7.78. The fourth-order valence-electron chi connectivity index (χ4n) is 1.97. The molecule has 0 unspecified atom stereocenters. The third-order valence-corrected chi connectivity index (χ3v) is 4.81. The van der Waals surface area contributed by atoms with Crippen LogP contribution in [0.2, 0.25) is 5.02 Å². The first-order chi connectivity index (χ1) is 11.3. The molecule has 2 rings (SSSR count). The summed E-state index contributed by atoms with van der Waals surface area (Å²) in [6, 6.07) is 7.94. The van der Waals surface area contributed by atoms with Crippen molar-refractivity contribution in [3.05, 3.63) is 41.2 Å². The van der Waals surface area contributed by atoms with Crippen LogP contribution in [-0.4, -0.2) is 45.6 Å². The number of nitrogens with one attached hydrogen (secondary N) is 2. The highest BCUT2D eigenvalue weighted by Crippen LogP contribution is 2.15. The van der Waals surface area contributed by atoms with Crippen LogP contribution in [0.4, 0.5) is 11.6 Å². The van der Waals surface area contributed by atoms with Gasteiger partial charge in [0.05, 0.1) is 4.90 Å². The first-order valence-electron chi connectivity index (χ1n) is 7.30. The van der Waals surface area contributed by atoms with Crippen molar-refractivity contribution in [3.8, 4) is 0 Å². The van der Waals surface area contributed by atoms with Crippen LogP contribution >= 0.6 is 11.6 Å². The maximum Gasteiger partial charge on any atom is 0.240 e. The van der Waals surface area contributed by atoms with E-state index in [-0.39, 0.29) is 11.4 Å². The van der Waals surface area contributed by atoms with Crippen LogP contribution in [0.1, 0.15) is 5.82 Å². The molecule has 0 aliphatic heterocycles. The number of sulfonamides is 1. The van der Waals surface area contributed by atoms with Crippen molar-refractivity contribution in [1.29, 1.82) is 0 Å². The lowest BCUT2D eigenvalue weighted by Crippen LogP contribution is -2.29. The van der Waals surface area contributed by atoms with E-state index in [1.165, 1.54) is 12.1 Å². The maximum absolute atomic E-state index is 12.2. The Hall–Kier alpha value is -1.90. The van der Waals surface area contributed by atoms with Gasteiger partial charge in [0.2, 0.25) is 10.0 Å². The molecule has 1 aromatic carbocycles. The van der Waals surface area contributed by atoms with Gasteiger partial charge in [0, 0.05) is 38.3 Å². The van der Waals surface area contributed by atoms with Gasteiger partial charge in [0.1, 0.15) is 17.5 Å². The van der Waals surface area contributed by atoms with Gasteiger partial charge >= 0.3 is 0 Å². The molecule has 7 nitrogen and oxygen atoms in total. The Balaban J connectivity index is 1.93. The Bertz CT molecular complexity index is 811. The molecule has 2 aromatic rings. The minimum Gasteiger partial charge on any atom is -0.369 e. The number of anilines is 2. The minimum atomic E-state index is -3.58. The molecule has 0 aliphatic rings. The average molecular weight is 370 g/mol. The molecule has 1 aromatic heterocycles. The Morgan fingerprint density at radius 1 is 1.17 bits per heavy atom. The smallest absolute Gasteiger partial charge is 0.240 e. The molecule has 0 radical (unpaired) electrons. The summed E-state index contributed by atoms with van der Waals surface area (Å²) < 4.78 is 26.8. The molecule has 0 aliphatic carbocycles. The zero-order valence-electron chi connectivity index (χ0n) is 13.7. The summed E-state index contributed by atoms with van der Waals surface area (Å²) in [5, 5.41) is 3.46. The van der Waals surface area contributed by atoms with Crippen molar-refractivity contribution in [3.63, 3.8) is 0 Å². The van der Waals surface area contributed by atoms with Crippen molar-refractivity contribution >= 4 is 33.3 Å². The quantitative estimate of drug-likeness (QED) is 0.725. The van der Waals surface area contributed by atoms with Gasteiger partial charge in [-0.1, -0.05) is 17.7 Å². The fraction of sp³-hybridized carbons (Fsp3) is 0.333. The highest BCUT2D eigenvalue weighted by Gasteiger charge is 2.13. The second-order valence-electron chi connectivity index (χ2n) is 5.33. The largest absolute Gasteiger partial charge is 0.369 e. The molecule has 0 atom stereocenters. The zero-order chi connectivity index (χ0) is 17.7. The van der Waals surface area contributed by atoms with Crippen molar-refractivity contribution in [2.75, 3.05) is 37.4 Å². The Labute approximate surface area is 147 Å². The van der Waals surface area contributed by atoms with Crippen LogP contribution in [0.3, 0.4) is 0 Å². The van der Waals surface area contributed by atoms with Gasteiger partial charge in [-0.15, -0.1) is 0 Å². The molecule has 1 heterocycles. The molecule has 2 N–H and O–H groups in total. The summed E-state index contributed by atoms with van der Waals surface area (Å²) >= 11 is 5.82. The summed E-state index contributed by atoms with van der Waals surface area (Å²) in [7, 11) is 0.205. The predicted octanol–water partition coefficient (Wildman–Crippen LogP) is 1.89. The van der Waals surface area contributed by atoms with Crippen LogP contribution in [0.25, 0.3) is 0 Å². The number of rotatable bonds is 7. The van der Waals surface area contributed by atoms with E-state index < -0.39 is 10.0 Å². The molecular formula is C15H20ClN5O2S. The molecule has 130 valence electrons. The van der Waals surface area contributed by atoms with Crippen molar-refractivity contribution in [1.82, 2.24) is 14.7 Å². The molecule has 0 saturated heterocycles. The summed E-state index contributed by atoms with van der Waals surface area (Å²) in [4.78, 5) is 10.6. The van der Waals surface area contributed by atoms with E-state index in [0.717, 1.165) is 5.82 Å². The Kier molecular flexibility index (Phi) is 5.98. The molecule has 24 heavy (non-hydrogen) atoms. The lowest BCUT2D eigenvalue weighted by molar-refractivity contribution is 0.583. The van der Waals surface area contributed by atoms with Crippen LogP contribution in [0.5, 0.6) is 0 Å². The van der Waals surface area contributed by atoms with E-state index in [0.29, 0.717) is 23.2 Å². The first kappa shape index (κ1) is 18.4. The molecule has 0 saturated carbocycles. The van der Waals surface area contributed by atoms with E-state index in [1.807, 2.05) is 19.0 Å². The Morgan fingerprint density at radius 3 is 2.58 bits per heavy atom. The third-order valence-electron chi connectivity index (χ3n) is 3.11. The van der Waals surface area contributed by atoms with Crippen LogP contribution < -0.4 is 14.9 Å². The third kappa shape index (κ3) is 5.05. The average Bonchev–Trinajstić information content (AvgIpc) is 2.51. The lowest BCUT2D eigenvalue weighted by Gasteiger charge is -2.14. The Morgan fingerprint density at radius 2 is 1.92 bits per heavy atom. The van der Waals surface area contributed by atoms with Crippen LogP contribution in [-0.2, 0) is 10.0 Å². The standard InChI is InChI=1S/C15H20ClN5O2S/c1-11-19-14(10-15(20-11)21(2)3)17-7-8-18-24(22,23)13-6-4-5-12(16)9-13/h4-6,9-10,18H,7-8H2,1-3H3,(H,17,19,20). The molecule has 0 amide bonds. The van der Waals surface area contributed by atoms with Gasteiger partial charge < -0.3 is 10.2 Å². The normalized spacial score (nSPS) is 11.3. The fourth-order valence-corrected chi connectivity index (χ4v) is 3.30. The molecule has 0 bridgehead atoms. The molecule has 9 heteroatoms. The molecular weight excluding hydrogens is 350 g/mol. The lowest BCUT2D eigenvalue weighted by atomic mass is 10.4. The summed E-state index contributed by atoms with van der Waals surface area (Å²) in [5.41, 5.74) is 0. The minimum absolute atomic E-state index is 0.141. The summed E-state index contributed by atoms with van der Waals surface area (Å²) in [6.45, 7) is 2.42. The topological polar surface area (TPSA) is 87.2 Å². The summed E-state index contributed by atoms with van der Waals surface area (Å²) in [6.07, 6.45) is 0. The highest BCUT2D eigenvalue weighted by atomic mass is 35.5. The van der Waals surface area contributed by atoms with E-state index in [1.54, 1.807) is 25.1 Å². The van der Waals surface area contributed by atoms with Gasteiger partial charge in [-0.3, -0.25) is 0 Å². The molecule has 0 spiro atoms. The van der Waals surface area contributed by atoms with Crippen LogP contribution in [0, 0.1) is 6.92 Å². The van der Waals surface area contributed by atoms with Gasteiger partial charge in [-0.05, 0) is 25.1 Å². The number of hydrogen-bond donors (Lipinski definition) is 2. The number of halogens is 1. The highest BCUT2D eigenvalue weighted by molar-refractivity contribution is 7.89. The van der Waals surface area contributed by atoms with Gasteiger partial charge in [-0.2, -0.15) is 0 Å². The van der Waals surface area contributed by atoms with Crippen LogP contribution in [0.15, 0.2) is 35.2 Å². The number of nitrogens with zero attached hydrogens (tertiary/aromatic N) is 3. The first-order valence-corrected chi connectivity index (χ1v) is 9.16. The second-order valence-corrected chi connectivity index (χ2v) is 7.54. The van der Waals surface area contributed by atoms with Crippen molar-refractivity contribution < 1.29 is 8.42 Å².